The highest BCUT2D eigenvalue weighted by Gasteiger charge is 2.31. The molecule has 0 spiro atoms. The maximum atomic E-state index is 12.7. The quantitative estimate of drug-likeness (QED) is 0.750. The van der Waals surface area contributed by atoms with Crippen molar-refractivity contribution in [3.8, 4) is 11.5 Å². The molecule has 1 aromatic carbocycles. The number of hydrogen-bond donors (Lipinski definition) is 0. The minimum absolute atomic E-state index is 0.0149. The van der Waals surface area contributed by atoms with Crippen molar-refractivity contribution in [1.82, 2.24) is 14.7 Å². The Bertz CT molecular complexity index is 667. The number of piperidine rings is 1. The van der Waals surface area contributed by atoms with Gasteiger partial charge in [0, 0.05) is 39.1 Å². The van der Waals surface area contributed by atoms with Crippen molar-refractivity contribution in [2.24, 2.45) is 5.92 Å². The molecular weight excluding hydrogens is 358 g/mol. The van der Waals surface area contributed by atoms with Crippen LogP contribution < -0.4 is 9.47 Å². The average Bonchev–Trinajstić information content (AvgIpc) is 3.28. The van der Waals surface area contributed by atoms with E-state index in [1.165, 1.54) is 0 Å². The van der Waals surface area contributed by atoms with Crippen LogP contribution in [0, 0.1) is 5.92 Å². The summed E-state index contributed by atoms with van der Waals surface area (Å²) in [7, 11) is 3.42. The summed E-state index contributed by atoms with van der Waals surface area (Å²) in [5.74, 6) is 1.49. The number of urea groups is 1. The van der Waals surface area contributed by atoms with Crippen molar-refractivity contribution >= 4 is 11.9 Å². The molecule has 3 amide bonds. The lowest BCUT2D eigenvalue weighted by Gasteiger charge is -2.35. The van der Waals surface area contributed by atoms with Crippen LogP contribution in [0.1, 0.15) is 25.7 Å². The second-order valence-electron chi connectivity index (χ2n) is 7.50. The van der Waals surface area contributed by atoms with Crippen molar-refractivity contribution in [2.45, 2.75) is 25.7 Å². The SMILES string of the molecule is COc1ccccc1OCCN(C)C(=O)C1CCN(C(=O)N2CCCC2)CC1. The van der Waals surface area contributed by atoms with E-state index in [1.807, 2.05) is 41.1 Å². The number of likely N-dealkylation sites (tertiary alicyclic amines) is 2. The minimum atomic E-state index is -0.0149. The van der Waals surface area contributed by atoms with Gasteiger partial charge in [0.1, 0.15) is 6.61 Å². The van der Waals surface area contributed by atoms with Gasteiger partial charge in [0.25, 0.3) is 0 Å². The van der Waals surface area contributed by atoms with Crippen LogP contribution in [0.3, 0.4) is 0 Å². The zero-order valence-electron chi connectivity index (χ0n) is 16.9. The Labute approximate surface area is 167 Å². The maximum absolute atomic E-state index is 12.7. The summed E-state index contributed by atoms with van der Waals surface area (Å²) >= 11 is 0. The number of likely N-dealkylation sites (N-methyl/N-ethyl adjacent to an activating group) is 1. The molecule has 2 aliphatic heterocycles. The largest absolute Gasteiger partial charge is 0.493 e. The highest BCUT2D eigenvalue weighted by Crippen LogP contribution is 2.26. The first kappa shape index (κ1) is 20.3. The van der Waals surface area contributed by atoms with Gasteiger partial charge < -0.3 is 24.2 Å². The average molecular weight is 389 g/mol. The van der Waals surface area contributed by atoms with Crippen LogP contribution >= 0.6 is 0 Å². The highest BCUT2D eigenvalue weighted by atomic mass is 16.5. The molecule has 154 valence electrons. The van der Waals surface area contributed by atoms with E-state index in [0.29, 0.717) is 37.7 Å². The lowest BCUT2D eigenvalue weighted by Crippen LogP contribution is -2.48. The predicted octanol–water partition coefficient (Wildman–Crippen LogP) is 2.46. The Morgan fingerprint density at radius 2 is 1.64 bits per heavy atom. The summed E-state index contributed by atoms with van der Waals surface area (Å²) < 4.78 is 11.0. The lowest BCUT2D eigenvalue weighted by atomic mass is 9.95. The van der Waals surface area contributed by atoms with Crippen molar-refractivity contribution in [1.29, 1.82) is 0 Å². The van der Waals surface area contributed by atoms with Crippen LogP contribution in [0.2, 0.25) is 0 Å². The predicted molar refractivity (Wildman–Crippen MR) is 107 cm³/mol. The zero-order chi connectivity index (χ0) is 19.9. The molecule has 0 unspecified atom stereocenters. The third-order valence-corrected chi connectivity index (χ3v) is 5.62. The second-order valence-corrected chi connectivity index (χ2v) is 7.50. The van der Waals surface area contributed by atoms with E-state index >= 15 is 0 Å². The third-order valence-electron chi connectivity index (χ3n) is 5.62. The summed E-state index contributed by atoms with van der Waals surface area (Å²) in [5, 5.41) is 0. The number of nitrogens with zero attached hydrogens (tertiary/aromatic N) is 3. The summed E-state index contributed by atoms with van der Waals surface area (Å²) in [6, 6.07) is 7.63. The van der Waals surface area contributed by atoms with Gasteiger partial charge in [-0.3, -0.25) is 4.79 Å². The molecule has 0 bridgehead atoms. The van der Waals surface area contributed by atoms with Gasteiger partial charge >= 0.3 is 6.03 Å². The highest BCUT2D eigenvalue weighted by molar-refractivity contribution is 5.79. The van der Waals surface area contributed by atoms with Gasteiger partial charge in [-0.2, -0.15) is 0 Å². The van der Waals surface area contributed by atoms with Gasteiger partial charge in [-0.25, -0.2) is 4.79 Å². The molecule has 1 aromatic rings. The van der Waals surface area contributed by atoms with E-state index in [2.05, 4.69) is 0 Å². The van der Waals surface area contributed by atoms with E-state index in [9.17, 15) is 9.59 Å². The Morgan fingerprint density at radius 1 is 1.04 bits per heavy atom. The first-order valence-electron chi connectivity index (χ1n) is 10.1. The van der Waals surface area contributed by atoms with Gasteiger partial charge in [-0.05, 0) is 37.8 Å². The molecule has 0 aliphatic carbocycles. The summed E-state index contributed by atoms with van der Waals surface area (Å²) in [5.41, 5.74) is 0. The monoisotopic (exact) mass is 389 g/mol. The van der Waals surface area contributed by atoms with E-state index in [0.717, 1.165) is 38.8 Å². The molecule has 0 saturated carbocycles. The van der Waals surface area contributed by atoms with Crippen LogP contribution in [0.25, 0.3) is 0 Å². The van der Waals surface area contributed by atoms with E-state index in [-0.39, 0.29) is 17.9 Å². The second kappa shape index (κ2) is 9.66. The van der Waals surface area contributed by atoms with E-state index in [4.69, 9.17) is 9.47 Å². The molecule has 7 heteroatoms. The number of para-hydroxylation sites is 2. The Morgan fingerprint density at radius 3 is 2.29 bits per heavy atom. The summed E-state index contributed by atoms with van der Waals surface area (Å²) in [6.45, 7) is 3.99. The Kier molecular flexibility index (Phi) is 7.01. The number of amides is 3. The number of rotatable bonds is 6. The molecule has 28 heavy (non-hydrogen) atoms. The van der Waals surface area contributed by atoms with Crippen LogP contribution in [0.15, 0.2) is 24.3 Å². The van der Waals surface area contributed by atoms with Crippen LogP contribution in [0.5, 0.6) is 11.5 Å². The van der Waals surface area contributed by atoms with Crippen LogP contribution in [0.4, 0.5) is 4.79 Å². The molecule has 2 heterocycles. The fraction of sp³-hybridized carbons (Fsp3) is 0.619. The first-order valence-corrected chi connectivity index (χ1v) is 10.1. The number of carbonyl (C=O) groups excluding carboxylic acids is 2. The van der Waals surface area contributed by atoms with Crippen molar-refractivity contribution in [2.75, 3.05) is 53.5 Å². The van der Waals surface area contributed by atoms with E-state index in [1.54, 1.807) is 12.0 Å². The zero-order valence-corrected chi connectivity index (χ0v) is 16.9. The molecule has 0 atom stereocenters. The molecule has 0 aromatic heterocycles. The lowest BCUT2D eigenvalue weighted by molar-refractivity contribution is -0.135. The number of ether oxygens (including phenoxy) is 2. The third kappa shape index (κ3) is 4.88. The topological polar surface area (TPSA) is 62.3 Å². The fourth-order valence-electron chi connectivity index (χ4n) is 3.88. The Hall–Kier alpha value is -2.44. The van der Waals surface area contributed by atoms with Gasteiger partial charge in [0.05, 0.1) is 13.7 Å². The molecule has 3 rings (SSSR count). The number of hydrogen-bond acceptors (Lipinski definition) is 4. The molecule has 2 aliphatic rings. The molecular formula is C21H31N3O4. The van der Waals surface area contributed by atoms with Gasteiger partial charge in [0.15, 0.2) is 11.5 Å². The normalized spacial score (nSPS) is 17.5. The van der Waals surface area contributed by atoms with E-state index < -0.39 is 0 Å². The Balaban J connectivity index is 1.41. The standard InChI is InChI=1S/C21H31N3O4/c1-22(15-16-28-19-8-4-3-7-18(19)27-2)20(25)17-9-13-24(14-10-17)21(26)23-11-5-6-12-23/h3-4,7-8,17H,5-6,9-16H2,1-2H3. The maximum Gasteiger partial charge on any atom is 0.319 e. The summed E-state index contributed by atoms with van der Waals surface area (Å²) in [6.07, 6.45) is 3.66. The number of carbonyl (C=O) groups is 2. The van der Waals surface area contributed by atoms with Gasteiger partial charge in [0.2, 0.25) is 5.91 Å². The van der Waals surface area contributed by atoms with Crippen LogP contribution in [-0.4, -0.2) is 80.1 Å². The molecule has 0 radical (unpaired) electrons. The summed E-state index contributed by atoms with van der Waals surface area (Å²) in [4.78, 5) is 30.8. The van der Waals surface area contributed by atoms with Crippen molar-refractivity contribution in [3.63, 3.8) is 0 Å². The van der Waals surface area contributed by atoms with Gasteiger partial charge in [-0.1, -0.05) is 12.1 Å². The number of methoxy groups -OCH3 is 1. The fourth-order valence-corrected chi connectivity index (χ4v) is 3.88. The minimum Gasteiger partial charge on any atom is -0.493 e. The smallest absolute Gasteiger partial charge is 0.319 e. The molecule has 0 N–H and O–H groups in total. The van der Waals surface area contributed by atoms with Crippen molar-refractivity contribution < 1.29 is 19.1 Å². The van der Waals surface area contributed by atoms with Gasteiger partial charge in [-0.15, -0.1) is 0 Å². The molecule has 7 nitrogen and oxygen atoms in total. The van der Waals surface area contributed by atoms with Crippen LogP contribution in [-0.2, 0) is 4.79 Å². The van der Waals surface area contributed by atoms with Crippen molar-refractivity contribution in [3.05, 3.63) is 24.3 Å². The molecule has 2 fully saturated rings. The first-order chi connectivity index (χ1) is 13.6. The molecule has 2 saturated heterocycles. The number of benzene rings is 1.